The summed E-state index contributed by atoms with van der Waals surface area (Å²) < 4.78 is 49.5. The quantitative estimate of drug-likeness (QED) is 0.529. The predicted molar refractivity (Wildman–Crippen MR) is 90.7 cm³/mol. The Labute approximate surface area is 151 Å². The van der Waals surface area contributed by atoms with Crippen molar-refractivity contribution in [1.29, 1.82) is 0 Å². The summed E-state index contributed by atoms with van der Waals surface area (Å²) in [5.41, 5.74) is -0.725. The van der Waals surface area contributed by atoms with Gasteiger partial charge in [-0.2, -0.15) is 8.42 Å². The van der Waals surface area contributed by atoms with Crippen LogP contribution < -0.4 is 5.63 Å². The van der Waals surface area contributed by atoms with Crippen LogP contribution in [0.5, 0.6) is 0 Å². The average Bonchev–Trinajstić information content (AvgIpc) is 3.32. The molecule has 4 rings (SSSR count). The average molecular weight is 387 g/mol. The number of rotatable bonds is 4. The second-order valence-electron chi connectivity index (χ2n) is 5.37. The summed E-state index contributed by atoms with van der Waals surface area (Å²) in [5.74, 6) is -0.505. The minimum atomic E-state index is -4.34. The molecule has 1 aromatic carbocycles. The molecular formula is C17H10FN3O5S. The highest BCUT2D eigenvalue weighted by Crippen LogP contribution is 2.31. The van der Waals surface area contributed by atoms with Gasteiger partial charge in [0.2, 0.25) is 5.09 Å². The lowest BCUT2D eigenvalue weighted by Crippen LogP contribution is -2.13. The molecule has 0 saturated heterocycles. The van der Waals surface area contributed by atoms with Crippen molar-refractivity contribution in [3.8, 4) is 22.5 Å². The van der Waals surface area contributed by atoms with Crippen LogP contribution in [0, 0.1) is 5.82 Å². The molecule has 0 spiro atoms. The van der Waals surface area contributed by atoms with Crippen molar-refractivity contribution in [3.05, 3.63) is 77.5 Å². The normalized spacial score (nSPS) is 11.6. The predicted octanol–water partition coefficient (Wildman–Crippen LogP) is 2.53. The van der Waals surface area contributed by atoms with Gasteiger partial charge in [-0.25, -0.2) is 19.2 Å². The summed E-state index contributed by atoms with van der Waals surface area (Å²) in [6.07, 6.45) is 3.77. The van der Waals surface area contributed by atoms with Crippen molar-refractivity contribution in [3.63, 3.8) is 0 Å². The highest BCUT2D eigenvalue weighted by Gasteiger charge is 2.31. The second-order valence-corrected chi connectivity index (χ2v) is 7.05. The van der Waals surface area contributed by atoms with Gasteiger partial charge in [-0.05, 0) is 35.9 Å². The molecular weight excluding hydrogens is 377 g/mol. The molecule has 0 fully saturated rings. The van der Waals surface area contributed by atoms with E-state index in [1.54, 1.807) is 0 Å². The van der Waals surface area contributed by atoms with Crippen molar-refractivity contribution >= 4 is 10.0 Å². The Hall–Kier alpha value is -3.53. The maximum absolute atomic E-state index is 13.3. The maximum Gasteiger partial charge on any atom is 0.367 e. The molecule has 0 amide bonds. The SMILES string of the molecule is O=c1on(S(=O)(=O)c2ccco2)c(-c2ccncn2)c1-c1ccc(F)cc1. The van der Waals surface area contributed by atoms with E-state index in [4.69, 9.17) is 8.94 Å². The van der Waals surface area contributed by atoms with E-state index in [0.717, 1.165) is 12.1 Å². The van der Waals surface area contributed by atoms with Crippen molar-refractivity contribution in [2.24, 2.45) is 0 Å². The zero-order chi connectivity index (χ0) is 19.0. The summed E-state index contributed by atoms with van der Waals surface area (Å²) in [6.45, 7) is 0. The van der Waals surface area contributed by atoms with Crippen LogP contribution in [0.15, 0.2) is 80.1 Å². The molecule has 3 aromatic heterocycles. The summed E-state index contributed by atoms with van der Waals surface area (Å²) in [6, 6.07) is 9.02. The number of hydrogen-bond acceptors (Lipinski definition) is 7. The number of halogens is 1. The van der Waals surface area contributed by atoms with Gasteiger partial charge in [-0.3, -0.25) is 0 Å². The van der Waals surface area contributed by atoms with Crippen molar-refractivity contribution < 1.29 is 21.7 Å². The van der Waals surface area contributed by atoms with Crippen LogP contribution in [0.25, 0.3) is 22.5 Å². The van der Waals surface area contributed by atoms with E-state index < -0.39 is 26.6 Å². The van der Waals surface area contributed by atoms with E-state index in [1.165, 1.54) is 49.1 Å². The van der Waals surface area contributed by atoms with E-state index in [9.17, 15) is 17.6 Å². The van der Waals surface area contributed by atoms with Crippen LogP contribution in [0.1, 0.15) is 0 Å². The highest BCUT2D eigenvalue weighted by atomic mass is 32.2. The van der Waals surface area contributed by atoms with Crippen LogP contribution >= 0.6 is 0 Å². The molecule has 0 aliphatic heterocycles. The van der Waals surface area contributed by atoms with Crippen molar-refractivity contribution in [1.82, 2.24) is 14.1 Å². The lowest BCUT2D eigenvalue weighted by Gasteiger charge is -2.07. The second kappa shape index (κ2) is 6.32. The standard InChI is InChI=1S/C17H10FN3O5S/c18-12-5-3-11(4-6-12)15-16(13-7-8-19-10-20-13)21(26-17(15)22)27(23,24)14-2-1-9-25-14/h1-10H. The van der Waals surface area contributed by atoms with E-state index >= 15 is 0 Å². The van der Waals surface area contributed by atoms with E-state index in [2.05, 4.69) is 9.97 Å². The molecule has 3 heterocycles. The van der Waals surface area contributed by atoms with Crippen molar-refractivity contribution in [2.45, 2.75) is 5.09 Å². The number of nitrogens with zero attached hydrogens (tertiary/aromatic N) is 3. The van der Waals surface area contributed by atoms with Crippen LogP contribution in [-0.2, 0) is 10.0 Å². The molecule has 0 atom stereocenters. The van der Waals surface area contributed by atoms with E-state index in [-0.39, 0.29) is 22.5 Å². The molecule has 4 aromatic rings. The first-order chi connectivity index (χ1) is 13.0. The van der Waals surface area contributed by atoms with Gasteiger partial charge in [-0.15, -0.1) is 0 Å². The molecule has 0 N–H and O–H groups in total. The minimum absolute atomic E-state index is 0.0798. The number of aromatic nitrogens is 3. The van der Waals surface area contributed by atoms with Crippen LogP contribution in [-0.4, -0.2) is 22.5 Å². The first-order valence-corrected chi connectivity index (χ1v) is 9.00. The fraction of sp³-hybridized carbons (Fsp3) is 0. The Morgan fingerprint density at radius 2 is 1.85 bits per heavy atom. The lowest BCUT2D eigenvalue weighted by molar-refractivity contribution is 0.336. The molecule has 0 saturated carbocycles. The third kappa shape index (κ3) is 2.85. The van der Waals surface area contributed by atoms with Gasteiger partial charge in [0, 0.05) is 6.20 Å². The molecule has 8 nitrogen and oxygen atoms in total. The molecule has 0 aliphatic rings. The number of benzene rings is 1. The summed E-state index contributed by atoms with van der Waals surface area (Å²) >= 11 is 0. The monoisotopic (exact) mass is 387 g/mol. The maximum atomic E-state index is 13.3. The van der Waals surface area contributed by atoms with Gasteiger partial charge < -0.3 is 8.94 Å². The molecule has 0 bridgehead atoms. The fourth-order valence-electron chi connectivity index (χ4n) is 2.54. The molecule has 136 valence electrons. The Kier molecular flexibility index (Phi) is 3.96. The van der Waals surface area contributed by atoms with Gasteiger partial charge in [-0.1, -0.05) is 16.3 Å². The van der Waals surface area contributed by atoms with Crippen LogP contribution in [0.4, 0.5) is 4.39 Å². The summed E-state index contributed by atoms with van der Waals surface area (Å²) in [4.78, 5) is 20.3. The Balaban J connectivity index is 2.06. The molecule has 10 heteroatoms. The first kappa shape index (κ1) is 16.9. The molecule has 0 radical (unpaired) electrons. The Bertz CT molecular complexity index is 1240. The zero-order valence-electron chi connectivity index (χ0n) is 13.4. The fourth-order valence-corrected chi connectivity index (χ4v) is 3.72. The number of furan rings is 1. The zero-order valence-corrected chi connectivity index (χ0v) is 14.3. The van der Waals surface area contributed by atoms with Gasteiger partial charge in [0.05, 0.1) is 17.5 Å². The number of hydrogen-bond donors (Lipinski definition) is 0. The first-order valence-electron chi connectivity index (χ1n) is 7.56. The highest BCUT2D eigenvalue weighted by molar-refractivity contribution is 7.89. The Morgan fingerprint density at radius 3 is 2.48 bits per heavy atom. The van der Waals surface area contributed by atoms with E-state index in [1.807, 2.05) is 0 Å². The van der Waals surface area contributed by atoms with Crippen LogP contribution in [0.3, 0.4) is 0 Å². The molecule has 0 unspecified atom stereocenters. The topological polar surface area (TPSA) is 108 Å². The van der Waals surface area contributed by atoms with Gasteiger partial charge in [0.25, 0.3) is 0 Å². The lowest BCUT2D eigenvalue weighted by atomic mass is 10.0. The minimum Gasteiger partial charge on any atom is -0.451 e. The Morgan fingerprint density at radius 1 is 1.07 bits per heavy atom. The largest absolute Gasteiger partial charge is 0.451 e. The van der Waals surface area contributed by atoms with E-state index in [0.29, 0.717) is 4.15 Å². The van der Waals surface area contributed by atoms with Crippen LogP contribution in [0.2, 0.25) is 0 Å². The summed E-state index contributed by atoms with van der Waals surface area (Å²) in [7, 11) is -4.34. The molecule has 0 aliphatic carbocycles. The van der Waals surface area contributed by atoms with Gasteiger partial charge in [0.15, 0.2) is 0 Å². The smallest absolute Gasteiger partial charge is 0.367 e. The molecule has 27 heavy (non-hydrogen) atoms. The third-order valence-electron chi connectivity index (χ3n) is 3.71. The van der Waals surface area contributed by atoms with Gasteiger partial charge >= 0.3 is 15.6 Å². The van der Waals surface area contributed by atoms with Crippen molar-refractivity contribution in [2.75, 3.05) is 0 Å². The van der Waals surface area contributed by atoms with Gasteiger partial charge in [0.1, 0.15) is 17.8 Å². The summed E-state index contributed by atoms with van der Waals surface area (Å²) in [5, 5.41) is -0.415. The third-order valence-corrected chi connectivity index (χ3v) is 5.15.